The molecular weight excluding hydrogens is 491 g/mol. The first-order chi connectivity index (χ1) is 16.3. The maximum Gasteiger partial charge on any atom is 0.231 e. The number of ether oxygens (including phenoxy) is 2. The third kappa shape index (κ3) is 5.54. The summed E-state index contributed by atoms with van der Waals surface area (Å²) in [5, 5.41) is 4.10. The number of amides is 2. The predicted molar refractivity (Wildman–Crippen MR) is 136 cm³/mol. The number of halogens is 2. The van der Waals surface area contributed by atoms with Crippen LogP contribution in [0.5, 0.6) is 5.75 Å². The van der Waals surface area contributed by atoms with E-state index in [1.807, 2.05) is 27.7 Å². The van der Waals surface area contributed by atoms with Crippen LogP contribution >= 0.6 is 23.2 Å². The first-order valence-electron chi connectivity index (χ1n) is 12.0. The summed E-state index contributed by atoms with van der Waals surface area (Å²) in [7, 11) is 1.62. The molecule has 1 aromatic carbocycles. The van der Waals surface area contributed by atoms with E-state index in [9.17, 15) is 9.59 Å². The molecule has 1 aliphatic carbocycles. The SMILES string of the molecule is COCC[C@H](C1C[C@H]1C(=O)NC1CC(C)(C)Oc2c(Cl)cc(Cl)cc21)N1C(=O)CC(C)(C)N=C1N. The van der Waals surface area contributed by atoms with Crippen molar-refractivity contribution in [3.05, 3.63) is 27.7 Å². The number of nitrogens with zero attached hydrogens (tertiary/aromatic N) is 2. The van der Waals surface area contributed by atoms with Crippen LogP contribution in [-0.4, -0.2) is 53.6 Å². The van der Waals surface area contributed by atoms with Crippen LogP contribution in [-0.2, 0) is 14.3 Å². The number of fused-ring (bicyclic) bond motifs is 1. The molecule has 0 radical (unpaired) electrons. The lowest BCUT2D eigenvalue weighted by molar-refractivity contribution is -0.132. The molecule has 1 fully saturated rings. The van der Waals surface area contributed by atoms with Crippen LogP contribution in [0.3, 0.4) is 0 Å². The molecule has 192 valence electrons. The Morgan fingerprint density at radius 2 is 2.06 bits per heavy atom. The van der Waals surface area contributed by atoms with Gasteiger partial charge in [-0.1, -0.05) is 23.2 Å². The highest BCUT2D eigenvalue weighted by molar-refractivity contribution is 6.35. The first-order valence-corrected chi connectivity index (χ1v) is 12.7. The van der Waals surface area contributed by atoms with E-state index in [1.165, 1.54) is 0 Å². The molecule has 0 bridgehead atoms. The van der Waals surface area contributed by atoms with Gasteiger partial charge >= 0.3 is 0 Å². The number of methoxy groups -OCH3 is 1. The number of nitrogens with two attached hydrogens (primary N) is 1. The van der Waals surface area contributed by atoms with Crippen LogP contribution in [0.1, 0.15) is 65.0 Å². The first kappa shape index (κ1) is 26.0. The van der Waals surface area contributed by atoms with Gasteiger partial charge in [0.2, 0.25) is 11.8 Å². The molecule has 2 amide bonds. The van der Waals surface area contributed by atoms with Gasteiger partial charge in [0.15, 0.2) is 5.96 Å². The van der Waals surface area contributed by atoms with E-state index in [0.717, 1.165) is 5.56 Å². The number of aliphatic imine (C=N–C) groups is 1. The van der Waals surface area contributed by atoms with Crippen molar-refractivity contribution in [2.24, 2.45) is 22.6 Å². The average Bonchev–Trinajstić information content (AvgIpc) is 3.50. The number of carbonyl (C=O) groups excluding carboxylic acids is 2. The Hall–Kier alpha value is -2.03. The van der Waals surface area contributed by atoms with Crippen LogP contribution in [0.4, 0.5) is 0 Å². The number of nitrogens with one attached hydrogen (secondary N) is 1. The molecule has 2 aliphatic heterocycles. The van der Waals surface area contributed by atoms with Crippen LogP contribution in [0.15, 0.2) is 17.1 Å². The summed E-state index contributed by atoms with van der Waals surface area (Å²) in [4.78, 5) is 32.5. The maximum absolute atomic E-state index is 13.4. The third-order valence-electron chi connectivity index (χ3n) is 6.94. The topological polar surface area (TPSA) is 106 Å². The molecule has 0 spiro atoms. The fourth-order valence-electron chi connectivity index (χ4n) is 5.33. The Morgan fingerprint density at radius 3 is 2.71 bits per heavy atom. The monoisotopic (exact) mass is 524 g/mol. The fraction of sp³-hybridized carbons (Fsp3) is 0.640. The van der Waals surface area contributed by atoms with Crippen LogP contribution in [0, 0.1) is 11.8 Å². The number of benzene rings is 1. The summed E-state index contributed by atoms with van der Waals surface area (Å²) < 4.78 is 11.4. The zero-order chi connectivity index (χ0) is 25.7. The van der Waals surface area contributed by atoms with E-state index in [2.05, 4.69) is 10.3 Å². The highest BCUT2D eigenvalue weighted by atomic mass is 35.5. The number of rotatable bonds is 7. The minimum Gasteiger partial charge on any atom is -0.486 e. The lowest BCUT2D eigenvalue weighted by Gasteiger charge is -2.39. The Labute approximate surface area is 216 Å². The van der Waals surface area contributed by atoms with Crippen molar-refractivity contribution in [1.82, 2.24) is 10.2 Å². The largest absolute Gasteiger partial charge is 0.486 e. The van der Waals surface area contributed by atoms with Gasteiger partial charge in [-0.05, 0) is 58.6 Å². The molecule has 35 heavy (non-hydrogen) atoms. The summed E-state index contributed by atoms with van der Waals surface area (Å²) in [5.74, 6) is 0.355. The quantitative estimate of drug-likeness (QED) is 0.558. The molecule has 0 saturated heterocycles. The fourth-order valence-corrected chi connectivity index (χ4v) is 5.88. The molecule has 3 aliphatic rings. The van der Waals surface area contributed by atoms with E-state index in [0.29, 0.717) is 41.7 Å². The van der Waals surface area contributed by atoms with Crippen molar-refractivity contribution in [3.8, 4) is 5.75 Å². The Morgan fingerprint density at radius 1 is 1.34 bits per heavy atom. The van der Waals surface area contributed by atoms with E-state index in [-0.39, 0.29) is 48.1 Å². The summed E-state index contributed by atoms with van der Waals surface area (Å²) in [5.41, 5.74) is 5.97. The smallest absolute Gasteiger partial charge is 0.231 e. The van der Waals surface area contributed by atoms with Gasteiger partial charge in [0.1, 0.15) is 11.4 Å². The molecule has 3 N–H and O–H groups in total. The lowest BCUT2D eigenvalue weighted by atomic mass is 9.89. The molecule has 0 aromatic heterocycles. The van der Waals surface area contributed by atoms with Gasteiger partial charge in [0, 0.05) is 42.7 Å². The number of hydrogen-bond acceptors (Lipinski definition) is 6. The normalized spacial score (nSPS) is 27.4. The Balaban J connectivity index is 1.53. The molecule has 1 aromatic rings. The van der Waals surface area contributed by atoms with Gasteiger partial charge in [0.25, 0.3) is 0 Å². The van der Waals surface area contributed by atoms with Gasteiger partial charge in [-0.2, -0.15) is 0 Å². The molecule has 8 nitrogen and oxygen atoms in total. The number of hydrogen-bond donors (Lipinski definition) is 2. The lowest BCUT2D eigenvalue weighted by Crippen LogP contribution is -2.55. The summed E-state index contributed by atoms with van der Waals surface area (Å²) in [6, 6.07) is 2.89. The molecular formula is C25H34Cl2N4O4. The second kappa shape index (κ2) is 9.45. The van der Waals surface area contributed by atoms with Gasteiger partial charge in [0.05, 0.1) is 23.0 Å². The van der Waals surface area contributed by atoms with E-state index >= 15 is 0 Å². The van der Waals surface area contributed by atoms with Crippen LogP contribution in [0.25, 0.3) is 0 Å². The third-order valence-corrected chi connectivity index (χ3v) is 7.44. The van der Waals surface area contributed by atoms with E-state index in [4.69, 9.17) is 38.4 Å². The van der Waals surface area contributed by atoms with Gasteiger partial charge in [-0.25, -0.2) is 4.99 Å². The summed E-state index contributed by atoms with van der Waals surface area (Å²) in [6.45, 7) is 8.16. The van der Waals surface area contributed by atoms with Gasteiger partial charge < -0.3 is 20.5 Å². The highest BCUT2D eigenvalue weighted by Crippen LogP contribution is 2.48. The van der Waals surface area contributed by atoms with Crippen molar-refractivity contribution in [2.45, 2.75) is 76.6 Å². The second-order valence-electron chi connectivity index (χ2n) is 11.0. The van der Waals surface area contributed by atoms with Crippen molar-refractivity contribution in [2.75, 3.05) is 13.7 Å². The molecule has 2 heterocycles. The predicted octanol–water partition coefficient (Wildman–Crippen LogP) is 4.08. The van der Waals surface area contributed by atoms with Gasteiger partial charge in [-0.3, -0.25) is 14.5 Å². The Bertz CT molecular complexity index is 1060. The average molecular weight is 525 g/mol. The standard InChI is InChI=1S/C25H34Cl2N4O4/c1-24(2)12-20(32)31(23(28)30-24)19(6-7-34-5)14-10-15(14)22(33)29-18-11-25(3,4)35-21-16(18)8-13(26)9-17(21)27/h8-9,14-15,18-19H,6-7,10-12H2,1-5H3,(H2,28,30)(H,29,33)/t14?,15-,18?,19-/m1/s1. The zero-order valence-electron chi connectivity index (χ0n) is 20.9. The van der Waals surface area contributed by atoms with E-state index in [1.54, 1.807) is 24.1 Å². The van der Waals surface area contributed by atoms with Crippen molar-refractivity contribution in [1.29, 1.82) is 0 Å². The molecule has 4 rings (SSSR count). The van der Waals surface area contributed by atoms with Crippen LogP contribution < -0.4 is 15.8 Å². The summed E-state index contributed by atoms with van der Waals surface area (Å²) in [6.07, 6.45) is 2.09. The van der Waals surface area contributed by atoms with Gasteiger partial charge in [-0.15, -0.1) is 0 Å². The zero-order valence-corrected chi connectivity index (χ0v) is 22.4. The van der Waals surface area contributed by atoms with E-state index < -0.39 is 11.1 Å². The Kier molecular flexibility index (Phi) is 7.03. The number of carbonyl (C=O) groups is 2. The summed E-state index contributed by atoms with van der Waals surface area (Å²) >= 11 is 12.7. The molecule has 1 saturated carbocycles. The second-order valence-corrected chi connectivity index (χ2v) is 11.9. The molecule has 2 unspecified atom stereocenters. The van der Waals surface area contributed by atoms with Crippen molar-refractivity contribution >= 4 is 41.0 Å². The highest BCUT2D eigenvalue weighted by Gasteiger charge is 2.52. The van der Waals surface area contributed by atoms with Crippen molar-refractivity contribution in [3.63, 3.8) is 0 Å². The molecule has 10 heteroatoms. The van der Waals surface area contributed by atoms with Crippen LogP contribution in [0.2, 0.25) is 10.0 Å². The minimum atomic E-state index is -0.532. The molecule has 4 atom stereocenters. The minimum absolute atomic E-state index is 0.0284. The number of guanidine groups is 1. The maximum atomic E-state index is 13.4. The van der Waals surface area contributed by atoms with Crippen molar-refractivity contribution < 1.29 is 19.1 Å².